The van der Waals surface area contributed by atoms with E-state index < -0.39 is 0 Å². The van der Waals surface area contributed by atoms with E-state index in [0.717, 1.165) is 59.8 Å². The van der Waals surface area contributed by atoms with Crippen LogP contribution in [0.1, 0.15) is 18.5 Å². The monoisotopic (exact) mass is 476 g/mol. The SMILES string of the molecule is O=C(Cc1csc(-c2cccc(Br)c2)n1)N1CCN(CC(=O)N2CCCC2)CC1. The minimum atomic E-state index is 0.113. The smallest absolute Gasteiger partial charge is 0.236 e. The van der Waals surface area contributed by atoms with E-state index in [2.05, 4.69) is 25.8 Å². The number of carbonyl (C=O) groups excluding carboxylic acids is 2. The molecule has 2 aliphatic rings. The third-order valence-electron chi connectivity index (χ3n) is 5.50. The van der Waals surface area contributed by atoms with E-state index in [0.29, 0.717) is 26.1 Å². The highest BCUT2D eigenvalue weighted by Crippen LogP contribution is 2.26. The summed E-state index contributed by atoms with van der Waals surface area (Å²) in [6.45, 7) is 5.13. The Labute approximate surface area is 183 Å². The number of rotatable bonds is 5. The molecule has 8 heteroatoms. The maximum atomic E-state index is 12.7. The summed E-state index contributed by atoms with van der Waals surface area (Å²) < 4.78 is 1.02. The molecule has 2 amide bonds. The van der Waals surface area contributed by atoms with Crippen molar-refractivity contribution in [2.75, 3.05) is 45.8 Å². The summed E-state index contributed by atoms with van der Waals surface area (Å²) >= 11 is 5.05. The van der Waals surface area contributed by atoms with Crippen molar-refractivity contribution >= 4 is 39.1 Å². The van der Waals surface area contributed by atoms with Crippen LogP contribution < -0.4 is 0 Å². The maximum Gasteiger partial charge on any atom is 0.236 e. The molecule has 0 N–H and O–H groups in total. The molecule has 2 aliphatic heterocycles. The van der Waals surface area contributed by atoms with Crippen molar-refractivity contribution in [1.82, 2.24) is 19.7 Å². The molecule has 6 nitrogen and oxygen atoms in total. The molecule has 4 rings (SSSR count). The molecule has 0 radical (unpaired) electrons. The van der Waals surface area contributed by atoms with E-state index in [1.165, 1.54) is 0 Å². The average Bonchev–Trinajstić information content (AvgIpc) is 3.41. The highest BCUT2D eigenvalue weighted by atomic mass is 79.9. The van der Waals surface area contributed by atoms with Gasteiger partial charge >= 0.3 is 0 Å². The summed E-state index contributed by atoms with van der Waals surface area (Å²) in [6.07, 6.45) is 2.57. The Kier molecular flexibility index (Phi) is 6.62. The van der Waals surface area contributed by atoms with Gasteiger partial charge < -0.3 is 9.80 Å². The van der Waals surface area contributed by atoms with Crippen molar-refractivity contribution in [1.29, 1.82) is 0 Å². The lowest BCUT2D eigenvalue weighted by Gasteiger charge is -2.35. The molecule has 29 heavy (non-hydrogen) atoms. The number of hydrogen-bond donors (Lipinski definition) is 0. The molecule has 0 unspecified atom stereocenters. The Balaban J connectivity index is 1.26. The number of benzene rings is 1. The lowest BCUT2D eigenvalue weighted by atomic mass is 10.2. The molecule has 0 aliphatic carbocycles. The van der Waals surface area contributed by atoms with E-state index in [-0.39, 0.29) is 11.8 Å². The van der Waals surface area contributed by atoms with Crippen LogP contribution in [-0.2, 0) is 16.0 Å². The fraction of sp³-hybridized carbons (Fsp3) is 0.476. The zero-order chi connectivity index (χ0) is 20.2. The molecule has 0 bridgehead atoms. The van der Waals surface area contributed by atoms with Gasteiger partial charge in [0.1, 0.15) is 5.01 Å². The van der Waals surface area contributed by atoms with Crippen molar-refractivity contribution in [3.63, 3.8) is 0 Å². The summed E-state index contributed by atoms with van der Waals surface area (Å²) in [5.41, 5.74) is 1.88. The van der Waals surface area contributed by atoms with Crippen molar-refractivity contribution in [2.24, 2.45) is 0 Å². The first-order chi connectivity index (χ1) is 14.1. The highest BCUT2D eigenvalue weighted by Gasteiger charge is 2.25. The average molecular weight is 477 g/mol. The van der Waals surface area contributed by atoms with Gasteiger partial charge in [0, 0.05) is 54.7 Å². The second-order valence-corrected chi connectivity index (χ2v) is 9.35. The number of hydrogen-bond acceptors (Lipinski definition) is 5. The second kappa shape index (κ2) is 9.36. The van der Waals surface area contributed by atoms with Gasteiger partial charge in [0.15, 0.2) is 0 Å². The molecule has 1 aromatic carbocycles. The molecule has 0 atom stereocenters. The van der Waals surface area contributed by atoms with E-state index in [1.807, 2.05) is 39.4 Å². The molecular formula is C21H25BrN4O2S. The summed E-state index contributed by atoms with van der Waals surface area (Å²) in [5.74, 6) is 0.339. The Hall–Kier alpha value is -1.77. The van der Waals surface area contributed by atoms with Crippen LogP contribution in [-0.4, -0.2) is 77.3 Å². The third-order valence-corrected chi connectivity index (χ3v) is 6.93. The van der Waals surface area contributed by atoms with Crippen LogP contribution in [0.5, 0.6) is 0 Å². The summed E-state index contributed by atoms with van der Waals surface area (Å²) in [5, 5.41) is 2.90. The summed E-state index contributed by atoms with van der Waals surface area (Å²) in [4.78, 5) is 35.7. The lowest BCUT2D eigenvalue weighted by molar-refractivity contribution is -0.134. The molecular weight excluding hydrogens is 452 g/mol. The van der Waals surface area contributed by atoms with Crippen LogP contribution in [0.15, 0.2) is 34.1 Å². The number of amides is 2. The van der Waals surface area contributed by atoms with Gasteiger partial charge in [0.05, 0.1) is 18.7 Å². The number of likely N-dealkylation sites (tertiary alicyclic amines) is 1. The minimum Gasteiger partial charge on any atom is -0.342 e. The lowest BCUT2D eigenvalue weighted by Crippen LogP contribution is -2.51. The number of halogens is 1. The number of carbonyl (C=O) groups is 2. The van der Waals surface area contributed by atoms with E-state index in [4.69, 9.17) is 0 Å². The number of aromatic nitrogens is 1. The van der Waals surface area contributed by atoms with Crippen molar-refractivity contribution < 1.29 is 9.59 Å². The number of nitrogens with zero attached hydrogens (tertiary/aromatic N) is 4. The molecule has 0 saturated carbocycles. The molecule has 0 spiro atoms. The Morgan fingerprint density at radius 2 is 1.72 bits per heavy atom. The van der Waals surface area contributed by atoms with E-state index in [1.54, 1.807) is 11.3 Å². The Morgan fingerprint density at radius 1 is 1.00 bits per heavy atom. The molecule has 2 aromatic rings. The normalized spacial score (nSPS) is 17.7. The molecule has 2 fully saturated rings. The van der Waals surface area contributed by atoms with Gasteiger partial charge in [-0.25, -0.2) is 4.98 Å². The van der Waals surface area contributed by atoms with Gasteiger partial charge in [-0.1, -0.05) is 28.1 Å². The predicted octanol–water partition coefficient (Wildman–Crippen LogP) is 2.88. The first kappa shape index (κ1) is 20.5. The van der Waals surface area contributed by atoms with Gasteiger partial charge in [-0.3, -0.25) is 14.5 Å². The molecule has 1 aromatic heterocycles. The second-order valence-electron chi connectivity index (χ2n) is 7.58. The fourth-order valence-corrected chi connectivity index (χ4v) is 5.04. The van der Waals surface area contributed by atoms with Gasteiger partial charge in [-0.2, -0.15) is 0 Å². The van der Waals surface area contributed by atoms with Crippen LogP contribution in [0.25, 0.3) is 10.6 Å². The van der Waals surface area contributed by atoms with Crippen LogP contribution >= 0.6 is 27.3 Å². The Bertz CT molecular complexity index is 873. The maximum absolute atomic E-state index is 12.7. The number of thiazole rings is 1. The fourth-order valence-electron chi connectivity index (χ4n) is 3.82. The van der Waals surface area contributed by atoms with Crippen LogP contribution in [0.4, 0.5) is 0 Å². The van der Waals surface area contributed by atoms with Crippen molar-refractivity contribution in [3.05, 3.63) is 39.8 Å². The van der Waals surface area contributed by atoms with Gasteiger partial charge in [0.25, 0.3) is 0 Å². The molecule has 154 valence electrons. The Morgan fingerprint density at radius 3 is 2.45 bits per heavy atom. The zero-order valence-corrected chi connectivity index (χ0v) is 18.8. The van der Waals surface area contributed by atoms with Crippen molar-refractivity contribution in [2.45, 2.75) is 19.3 Å². The highest BCUT2D eigenvalue weighted by molar-refractivity contribution is 9.10. The van der Waals surface area contributed by atoms with Gasteiger partial charge in [-0.05, 0) is 25.0 Å². The first-order valence-corrected chi connectivity index (χ1v) is 11.7. The van der Waals surface area contributed by atoms with Crippen LogP contribution in [0.3, 0.4) is 0 Å². The molecule has 3 heterocycles. The quantitative estimate of drug-likeness (QED) is 0.665. The van der Waals surface area contributed by atoms with Crippen LogP contribution in [0, 0.1) is 0 Å². The van der Waals surface area contributed by atoms with Crippen LogP contribution in [0.2, 0.25) is 0 Å². The van der Waals surface area contributed by atoms with Gasteiger partial charge in [0.2, 0.25) is 11.8 Å². The topological polar surface area (TPSA) is 56.8 Å². The third kappa shape index (κ3) is 5.24. The first-order valence-electron chi connectivity index (χ1n) is 10.1. The van der Waals surface area contributed by atoms with Crippen molar-refractivity contribution in [3.8, 4) is 10.6 Å². The summed E-state index contributed by atoms with van der Waals surface area (Å²) in [7, 11) is 0. The minimum absolute atomic E-state index is 0.113. The number of piperazine rings is 1. The standard InChI is InChI=1S/C21H25BrN4O2S/c22-17-5-3-4-16(12-17)21-23-18(15-29-21)13-19(27)26-10-8-24(9-11-26)14-20(28)25-6-1-2-7-25/h3-5,12,15H,1-2,6-11,13-14H2. The molecule has 2 saturated heterocycles. The van der Waals surface area contributed by atoms with Gasteiger partial charge in [-0.15, -0.1) is 11.3 Å². The van der Waals surface area contributed by atoms with E-state index in [9.17, 15) is 9.59 Å². The largest absolute Gasteiger partial charge is 0.342 e. The van der Waals surface area contributed by atoms with E-state index >= 15 is 0 Å². The summed E-state index contributed by atoms with van der Waals surface area (Å²) in [6, 6.07) is 8.03. The zero-order valence-electron chi connectivity index (χ0n) is 16.3. The predicted molar refractivity (Wildman–Crippen MR) is 118 cm³/mol.